The zero-order chi connectivity index (χ0) is 10.7. The lowest BCUT2D eigenvalue weighted by Gasteiger charge is -2.24. The first-order valence-electron chi connectivity index (χ1n) is 5.79. The highest BCUT2D eigenvalue weighted by Crippen LogP contribution is 2.24. The molecule has 1 fully saturated rings. The summed E-state index contributed by atoms with van der Waals surface area (Å²) >= 11 is 0. The number of benzene rings is 1. The van der Waals surface area contributed by atoms with Gasteiger partial charge in [-0.2, -0.15) is 0 Å². The van der Waals surface area contributed by atoms with Gasteiger partial charge in [-0.3, -0.25) is 0 Å². The third kappa shape index (κ3) is 2.49. The molecule has 1 N–H and O–H groups in total. The maximum absolute atomic E-state index is 13.7. The topological polar surface area (TPSA) is 12.0 Å². The average Bonchev–Trinajstić information content (AvgIpc) is 2.26. The van der Waals surface area contributed by atoms with E-state index in [1.54, 1.807) is 13.0 Å². The molecule has 1 aliphatic rings. The number of nitrogens with one attached hydrogen (secondary N) is 1. The Morgan fingerprint density at radius 2 is 1.93 bits per heavy atom. The quantitative estimate of drug-likeness (QED) is 0.776. The van der Waals surface area contributed by atoms with E-state index in [1.165, 1.54) is 32.1 Å². The van der Waals surface area contributed by atoms with Crippen molar-refractivity contribution in [2.75, 3.05) is 5.32 Å². The van der Waals surface area contributed by atoms with E-state index in [9.17, 15) is 4.39 Å². The maximum Gasteiger partial charge on any atom is 0.149 e. The molecule has 0 radical (unpaired) electrons. The average molecular weight is 207 g/mol. The summed E-state index contributed by atoms with van der Waals surface area (Å²) in [5, 5.41) is 3.31. The van der Waals surface area contributed by atoms with Gasteiger partial charge in [-0.1, -0.05) is 31.4 Å². The molecule has 0 unspecified atom stereocenters. The van der Waals surface area contributed by atoms with Gasteiger partial charge in [-0.25, -0.2) is 4.39 Å². The van der Waals surface area contributed by atoms with Gasteiger partial charge in [0.05, 0.1) is 5.69 Å². The van der Waals surface area contributed by atoms with Gasteiger partial charge in [-0.15, -0.1) is 0 Å². The third-order valence-electron chi connectivity index (χ3n) is 3.16. The number of hydrogen-bond donors (Lipinski definition) is 1. The molecule has 0 saturated heterocycles. The largest absolute Gasteiger partial charge is 0.380 e. The van der Waals surface area contributed by atoms with Gasteiger partial charge >= 0.3 is 0 Å². The first-order valence-corrected chi connectivity index (χ1v) is 5.79. The zero-order valence-corrected chi connectivity index (χ0v) is 9.22. The van der Waals surface area contributed by atoms with Gasteiger partial charge in [0.25, 0.3) is 0 Å². The lowest BCUT2D eigenvalue weighted by molar-refractivity contribution is 0.460. The molecule has 0 aliphatic heterocycles. The molecule has 1 nitrogen and oxygen atoms in total. The van der Waals surface area contributed by atoms with Crippen molar-refractivity contribution < 1.29 is 4.39 Å². The van der Waals surface area contributed by atoms with Crippen molar-refractivity contribution in [2.45, 2.75) is 45.1 Å². The SMILES string of the molecule is Cc1cccc(NC2CCCCC2)c1F. The summed E-state index contributed by atoms with van der Waals surface area (Å²) in [7, 11) is 0. The Balaban J connectivity index is 2.06. The van der Waals surface area contributed by atoms with Crippen molar-refractivity contribution in [3.05, 3.63) is 29.6 Å². The van der Waals surface area contributed by atoms with E-state index in [0.717, 1.165) is 5.56 Å². The van der Waals surface area contributed by atoms with E-state index in [2.05, 4.69) is 5.32 Å². The predicted octanol–water partition coefficient (Wildman–Crippen LogP) is 3.88. The van der Waals surface area contributed by atoms with Gasteiger partial charge in [0, 0.05) is 6.04 Å². The van der Waals surface area contributed by atoms with Crippen LogP contribution < -0.4 is 5.32 Å². The number of anilines is 1. The molecule has 0 amide bonds. The second-order valence-electron chi connectivity index (χ2n) is 4.42. The van der Waals surface area contributed by atoms with Gasteiger partial charge in [0.1, 0.15) is 5.82 Å². The van der Waals surface area contributed by atoms with E-state index in [0.29, 0.717) is 11.7 Å². The summed E-state index contributed by atoms with van der Waals surface area (Å²) in [5.74, 6) is -0.0944. The minimum atomic E-state index is -0.0944. The second-order valence-corrected chi connectivity index (χ2v) is 4.42. The van der Waals surface area contributed by atoms with Crippen LogP contribution in [-0.2, 0) is 0 Å². The molecular formula is C13H18FN. The van der Waals surface area contributed by atoms with Crippen molar-refractivity contribution in [1.29, 1.82) is 0 Å². The van der Waals surface area contributed by atoms with Crippen LogP contribution in [0.5, 0.6) is 0 Å². The number of rotatable bonds is 2. The molecule has 15 heavy (non-hydrogen) atoms. The summed E-state index contributed by atoms with van der Waals surface area (Å²) in [4.78, 5) is 0. The van der Waals surface area contributed by atoms with E-state index in [-0.39, 0.29) is 5.82 Å². The van der Waals surface area contributed by atoms with Crippen LogP contribution in [-0.4, -0.2) is 6.04 Å². The van der Waals surface area contributed by atoms with Crippen LogP contribution in [0, 0.1) is 12.7 Å². The van der Waals surface area contributed by atoms with Crippen LogP contribution >= 0.6 is 0 Å². The van der Waals surface area contributed by atoms with E-state index in [1.807, 2.05) is 12.1 Å². The highest BCUT2D eigenvalue weighted by molar-refractivity contribution is 5.48. The molecule has 0 aromatic heterocycles. The summed E-state index contributed by atoms with van der Waals surface area (Å²) in [6.45, 7) is 1.81. The Morgan fingerprint density at radius 3 is 2.67 bits per heavy atom. The summed E-state index contributed by atoms with van der Waals surface area (Å²) < 4.78 is 13.7. The Bertz CT molecular complexity index is 329. The molecule has 2 rings (SSSR count). The third-order valence-corrected chi connectivity index (χ3v) is 3.16. The Morgan fingerprint density at radius 1 is 1.20 bits per heavy atom. The fourth-order valence-corrected chi connectivity index (χ4v) is 2.23. The first-order chi connectivity index (χ1) is 7.27. The molecule has 2 heteroatoms. The molecular weight excluding hydrogens is 189 g/mol. The van der Waals surface area contributed by atoms with Crippen LogP contribution in [0.25, 0.3) is 0 Å². The Kier molecular flexibility index (Phi) is 3.24. The molecule has 1 saturated carbocycles. The molecule has 0 heterocycles. The molecule has 82 valence electrons. The molecule has 0 spiro atoms. The van der Waals surface area contributed by atoms with Gasteiger partial charge < -0.3 is 5.32 Å². The highest BCUT2D eigenvalue weighted by Gasteiger charge is 2.14. The maximum atomic E-state index is 13.7. The number of halogens is 1. The fourth-order valence-electron chi connectivity index (χ4n) is 2.23. The van der Waals surface area contributed by atoms with Gasteiger partial charge in [-0.05, 0) is 31.4 Å². The van der Waals surface area contributed by atoms with Crippen LogP contribution in [0.4, 0.5) is 10.1 Å². The van der Waals surface area contributed by atoms with Crippen LogP contribution in [0.1, 0.15) is 37.7 Å². The standard InChI is InChI=1S/C13H18FN/c1-10-6-5-9-12(13(10)14)15-11-7-3-2-4-8-11/h5-6,9,11,15H,2-4,7-8H2,1H3. The van der Waals surface area contributed by atoms with Crippen molar-refractivity contribution in [3.63, 3.8) is 0 Å². The minimum absolute atomic E-state index is 0.0944. The Labute approximate surface area is 90.7 Å². The highest BCUT2D eigenvalue weighted by atomic mass is 19.1. The monoisotopic (exact) mass is 207 g/mol. The summed E-state index contributed by atoms with van der Waals surface area (Å²) in [5.41, 5.74) is 1.39. The number of hydrogen-bond acceptors (Lipinski definition) is 1. The smallest absolute Gasteiger partial charge is 0.149 e. The summed E-state index contributed by atoms with van der Waals surface area (Å²) in [6, 6.07) is 6.01. The lowest BCUT2D eigenvalue weighted by atomic mass is 9.95. The van der Waals surface area contributed by atoms with Gasteiger partial charge in [0.15, 0.2) is 0 Å². The fraction of sp³-hybridized carbons (Fsp3) is 0.538. The lowest BCUT2D eigenvalue weighted by Crippen LogP contribution is -2.22. The normalized spacial score (nSPS) is 17.7. The number of aryl methyl sites for hydroxylation is 1. The van der Waals surface area contributed by atoms with Crippen LogP contribution in [0.2, 0.25) is 0 Å². The Hall–Kier alpha value is -1.05. The van der Waals surface area contributed by atoms with Crippen LogP contribution in [0.15, 0.2) is 18.2 Å². The van der Waals surface area contributed by atoms with Crippen molar-refractivity contribution in [1.82, 2.24) is 0 Å². The predicted molar refractivity (Wildman–Crippen MR) is 61.6 cm³/mol. The van der Waals surface area contributed by atoms with Crippen molar-refractivity contribution >= 4 is 5.69 Å². The van der Waals surface area contributed by atoms with Crippen molar-refractivity contribution in [3.8, 4) is 0 Å². The van der Waals surface area contributed by atoms with E-state index < -0.39 is 0 Å². The summed E-state index contributed by atoms with van der Waals surface area (Å²) in [6.07, 6.45) is 6.21. The molecule has 1 aromatic rings. The van der Waals surface area contributed by atoms with E-state index >= 15 is 0 Å². The minimum Gasteiger partial charge on any atom is -0.380 e. The molecule has 0 atom stereocenters. The van der Waals surface area contributed by atoms with Gasteiger partial charge in [0.2, 0.25) is 0 Å². The molecule has 1 aromatic carbocycles. The molecule has 1 aliphatic carbocycles. The first kappa shape index (κ1) is 10.5. The van der Waals surface area contributed by atoms with E-state index in [4.69, 9.17) is 0 Å². The molecule has 0 bridgehead atoms. The van der Waals surface area contributed by atoms with Crippen molar-refractivity contribution in [2.24, 2.45) is 0 Å². The second kappa shape index (κ2) is 4.65. The zero-order valence-electron chi connectivity index (χ0n) is 9.22. The van der Waals surface area contributed by atoms with Crippen LogP contribution in [0.3, 0.4) is 0 Å².